The highest BCUT2D eigenvalue weighted by molar-refractivity contribution is 6.29. The van der Waals surface area contributed by atoms with Crippen molar-refractivity contribution in [1.29, 1.82) is 5.26 Å². The molecule has 1 heterocycles. The van der Waals surface area contributed by atoms with E-state index >= 15 is 0 Å². The Morgan fingerprint density at radius 3 is 2.67 bits per heavy atom. The van der Waals surface area contributed by atoms with Crippen LogP contribution in [0.5, 0.6) is 0 Å². The summed E-state index contributed by atoms with van der Waals surface area (Å²) >= 11 is 5.64. The molecule has 0 N–H and O–H groups in total. The predicted octanol–water partition coefficient (Wildman–Crippen LogP) is 2.73. The van der Waals surface area contributed by atoms with Crippen molar-refractivity contribution in [3.8, 4) is 6.07 Å². The van der Waals surface area contributed by atoms with Crippen molar-refractivity contribution < 1.29 is 0 Å². The average molecular weight is 181 g/mol. The highest BCUT2D eigenvalue weighted by Crippen LogP contribution is 2.19. The summed E-state index contributed by atoms with van der Waals surface area (Å²) in [5.74, 6) is 0.310. The number of nitrogens with zero attached hydrogens (tertiary/aromatic N) is 2. The molecule has 0 aliphatic carbocycles. The minimum absolute atomic E-state index is 0.310. The summed E-state index contributed by atoms with van der Waals surface area (Å²) in [4.78, 5) is 3.92. The normalized spacial score (nSPS) is 9.92. The van der Waals surface area contributed by atoms with Gasteiger partial charge in [0.15, 0.2) is 0 Å². The van der Waals surface area contributed by atoms with E-state index in [1.807, 2.05) is 26.0 Å². The summed E-state index contributed by atoms with van der Waals surface area (Å²) < 4.78 is 0. The first kappa shape index (κ1) is 9.02. The topological polar surface area (TPSA) is 36.7 Å². The zero-order valence-corrected chi connectivity index (χ0v) is 7.76. The number of nitriles is 1. The quantitative estimate of drug-likeness (QED) is 0.624. The molecule has 0 unspecified atom stereocenters. The smallest absolute Gasteiger partial charge is 0.145 e. The minimum Gasteiger partial charge on any atom is -0.225 e. The molecular weight excluding hydrogens is 172 g/mol. The fourth-order valence-corrected chi connectivity index (χ4v) is 1.15. The van der Waals surface area contributed by atoms with Crippen LogP contribution >= 0.6 is 11.6 Å². The molecule has 2 nitrogen and oxygen atoms in total. The first-order valence-electron chi connectivity index (χ1n) is 3.71. The summed E-state index contributed by atoms with van der Waals surface area (Å²) in [7, 11) is 0. The lowest BCUT2D eigenvalue weighted by atomic mass is 10.0. The van der Waals surface area contributed by atoms with Gasteiger partial charge in [0.25, 0.3) is 0 Å². The molecule has 0 spiro atoms. The van der Waals surface area contributed by atoms with E-state index < -0.39 is 0 Å². The lowest BCUT2D eigenvalue weighted by molar-refractivity contribution is 0.852. The second-order valence-electron chi connectivity index (χ2n) is 2.84. The number of halogens is 1. The first-order valence-corrected chi connectivity index (χ1v) is 4.09. The third-order valence-electron chi connectivity index (χ3n) is 1.62. The standard InChI is InChI=1S/C9H9ClN2/c1-6(2)7-3-4-9(10)12-8(7)5-11/h3-4,6H,1-2H3. The van der Waals surface area contributed by atoms with Crippen molar-refractivity contribution in [2.45, 2.75) is 19.8 Å². The first-order chi connectivity index (χ1) is 5.65. The van der Waals surface area contributed by atoms with E-state index in [1.54, 1.807) is 6.07 Å². The fraction of sp³-hybridized carbons (Fsp3) is 0.333. The van der Waals surface area contributed by atoms with Gasteiger partial charge in [-0.3, -0.25) is 0 Å². The molecule has 0 radical (unpaired) electrons. The van der Waals surface area contributed by atoms with Crippen LogP contribution in [0.15, 0.2) is 12.1 Å². The monoisotopic (exact) mass is 180 g/mol. The van der Waals surface area contributed by atoms with Gasteiger partial charge in [0.2, 0.25) is 0 Å². The lowest BCUT2D eigenvalue weighted by Gasteiger charge is -2.05. The molecule has 62 valence electrons. The maximum atomic E-state index is 8.72. The van der Waals surface area contributed by atoms with Gasteiger partial charge in [-0.2, -0.15) is 5.26 Å². The van der Waals surface area contributed by atoms with Gasteiger partial charge in [-0.15, -0.1) is 0 Å². The maximum absolute atomic E-state index is 8.72. The maximum Gasteiger partial charge on any atom is 0.145 e. The van der Waals surface area contributed by atoms with Crippen LogP contribution in [0.1, 0.15) is 31.0 Å². The Labute approximate surface area is 76.8 Å². The summed E-state index contributed by atoms with van der Waals surface area (Å²) in [6, 6.07) is 5.57. The third-order valence-corrected chi connectivity index (χ3v) is 1.83. The summed E-state index contributed by atoms with van der Waals surface area (Å²) in [6.45, 7) is 4.04. The van der Waals surface area contributed by atoms with E-state index in [1.165, 1.54) is 0 Å². The van der Waals surface area contributed by atoms with Gasteiger partial charge < -0.3 is 0 Å². The molecule has 0 atom stereocenters. The van der Waals surface area contributed by atoms with Gasteiger partial charge in [0.1, 0.15) is 16.9 Å². The summed E-state index contributed by atoms with van der Waals surface area (Å²) in [6.07, 6.45) is 0. The molecule has 0 aliphatic heterocycles. The van der Waals surface area contributed by atoms with Crippen molar-refractivity contribution in [3.05, 3.63) is 28.5 Å². The van der Waals surface area contributed by atoms with Crippen molar-refractivity contribution >= 4 is 11.6 Å². The molecular formula is C9H9ClN2. The number of hydrogen-bond donors (Lipinski definition) is 0. The molecule has 1 aromatic heterocycles. The Bertz CT molecular complexity index is 326. The average Bonchev–Trinajstić information content (AvgIpc) is 2.03. The molecule has 0 bridgehead atoms. The van der Waals surface area contributed by atoms with Crippen molar-refractivity contribution in [2.75, 3.05) is 0 Å². The van der Waals surface area contributed by atoms with Crippen LogP contribution in [-0.4, -0.2) is 4.98 Å². The van der Waals surface area contributed by atoms with Gasteiger partial charge in [-0.1, -0.05) is 31.5 Å². The molecule has 0 amide bonds. The Hall–Kier alpha value is -1.07. The highest BCUT2D eigenvalue weighted by Gasteiger charge is 2.07. The van der Waals surface area contributed by atoms with Gasteiger partial charge in [-0.25, -0.2) is 4.98 Å². The van der Waals surface area contributed by atoms with E-state index in [2.05, 4.69) is 4.98 Å². The van der Waals surface area contributed by atoms with Crippen LogP contribution in [0.2, 0.25) is 5.15 Å². The van der Waals surface area contributed by atoms with Crippen LogP contribution in [0.3, 0.4) is 0 Å². The Morgan fingerprint density at radius 1 is 1.50 bits per heavy atom. The third kappa shape index (κ3) is 1.75. The van der Waals surface area contributed by atoms with Gasteiger partial charge in [0, 0.05) is 0 Å². The lowest BCUT2D eigenvalue weighted by Crippen LogP contribution is -1.95. The van der Waals surface area contributed by atoms with Gasteiger partial charge >= 0.3 is 0 Å². The molecule has 0 saturated heterocycles. The van der Waals surface area contributed by atoms with E-state index in [-0.39, 0.29) is 0 Å². The second kappa shape index (κ2) is 3.55. The van der Waals surface area contributed by atoms with E-state index in [0.29, 0.717) is 16.8 Å². The minimum atomic E-state index is 0.310. The Morgan fingerprint density at radius 2 is 2.17 bits per heavy atom. The number of rotatable bonds is 1. The number of aromatic nitrogens is 1. The van der Waals surface area contributed by atoms with Crippen LogP contribution in [0, 0.1) is 11.3 Å². The number of hydrogen-bond acceptors (Lipinski definition) is 2. The SMILES string of the molecule is CC(C)c1ccc(Cl)nc1C#N. The fourth-order valence-electron chi connectivity index (χ4n) is 1.00. The molecule has 1 aromatic rings. The molecule has 0 aromatic carbocycles. The van der Waals surface area contributed by atoms with Crippen LogP contribution in [-0.2, 0) is 0 Å². The zero-order chi connectivity index (χ0) is 9.14. The van der Waals surface area contributed by atoms with Gasteiger partial charge in [0.05, 0.1) is 0 Å². The largest absolute Gasteiger partial charge is 0.225 e. The van der Waals surface area contributed by atoms with Crippen LogP contribution in [0.4, 0.5) is 0 Å². The van der Waals surface area contributed by atoms with Crippen LogP contribution < -0.4 is 0 Å². The predicted molar refractivity (Wildman–Crippen MR) is 48.1 cm³/mol. The zero-order valence-electron chi connectivity index (χ0n) is 7.00. The van der Waals surface area contributed by atoms with E-state index in [9.17, 15) is 0 Å². The second-order valence-corrected chi connectivity index (χ2v) is 3.23. The number of pyridine rings is 1. The Kier molecular flexibility index (Phi) is 2.67. The molecule has 0 aliphatic rings. The van der Waals surface area contributed by atoms with E-state index in [4.69, 9.17) is 16.9 Å². The molecule has 0 saturated carbocycles. The molecule has 12 heavy (non-hydrogen) atoms. The van der Waals surface area contributed by atoms with Crippen LogP contribution in [0.25, 0.3) is 0 Å². The molecule has 1 rings (SSSR count). The van der Waals surface area contributed by atoms with Gasteiger partial charge in [-0.05, 0) is 17.5 Å². The van der Waals surface area contributed by atoms with E-state index in [0.717, 1.165) is 5.56 Å². The Balaban J connectivity index is 3.23. The molecule has 0 fully saturated rings. The molecule has 3 heteroatoms. The summed E-state index contributed by atoms with van der Waals surface area (Å²) in [5, 5.41) is 9.09. The van der Waals surface area contributed by atoms with Crippen molar-refractivity contribution in [2.24, 2.45) is 0 Å². The van der Waals surface area contributed by atoms with Crippen molar-refractivity contribution in [3.63, 3.8) is 0 Å². The summed E-state index contributed by atoms with van der Waals surface area (Å²) in [5.41, 5.74) is 1.37. The van der Waals surface area contributed by atoms with Crippen molar-refractivity contribution in [1.82, 2.24) is 4.98 Å². The highest BCUT2D eigenvalue weighted by atomic mass is 35.5.